The zero-order valence-corrected chi connectivity index (χ0v) is 11.7. The van der Waals surface area contributed by atoms with Crippen LogP contribution < -0.4 is 4.57 Å². The van der Waals surface area contributed by atoms with E-state index >= 15 is 0 Å². The summed E-state index contributed by atoms with van der Waals surface area (Å²) >= 11 is 1.84. The SMILES string of the molecule is CC[n+]1c(/C=C/c2ccccc2)sc2ccccc21. The first kappa shape index (κ1) is 12.1. The topological polar surface area (TPSA) is 3.88 Å². The van der Waals surface area contributed by atoms with Crippen LogP contribution in [0, 0.1) is 0 Å². The van der Waals surface area contributed by atoms with Gasteiger partial charge in [-0.3, -0.25) is 0 Å². The van der Waals surface area contributed by atoms with Gasteiger partial charge in [-0.2, -0.15) is 4.57 Å². The molecule has 0 amide bonds. The van der Waals surface area contributed by atoms with Gasteiger partial charge in [0.15, 0.2) is 0 Å². The van der Waals surface area contributed by atoms with Crippen molar-refractivity contribution >= 4 is 33.7 Å². The summed E-state index contributed by atoms with van der Waals surface area (Å²) in [6.07, 6.45) is 4.39. The maximum absolute atomic E-state index is 2.36. The first-order valence-corrected chi connectivity index (χ1v) is 7.34. The van der Waals surface area contributed by atoms with E-state index < -0.39 is 0 Å². The van der Waals surface area contributed by atoms with E-state index in [1.807, 2.05) is 17.4 Å². The van der Waals surface area contributed by atoms with Crippen LogP contribution in [-0.4, -0.2) is 0 Å². The van der Waals surface area contributed by atoms with Gasteiger partial charge in [-0.05, 0) is 24.6 Å². The molecule has 1 nitrogen and oxygen atoms in total. The van der Waals surface area contributed by atoms with Crippen LogP contribution >= 0.6 is 11.3 Å². The third kappa shape index (κ3) is 2.45. The summed E-state index contributed by atoms with van der Waals surface area (Å²) in [5, 5.41) is 1.30. The van der Waals surface area contributed by atoms with E-state index in [0.717, 1.165) is 6.54 Å². The Morgan fingerprint density at radius 3 is 2.47 bits per heavy atom. The van der Waals surface area contributed by atoms with Crippen LogP contribution in [0.25, 0.3) is 22.4 Å². The second-order valence-electron chi connectivity index (χ2n) is 4.40. The maximum atomic E-state index is 2.36. The Balaban J connectivity index is 2.03. The zero-order valence-electron chi connectivity index (χ0n) is 10.9. The number of para-hydroxylation sites is 1. The number of rotatable bonds is 3. The zero-order chi connectivity index (χ0) is 13.1. The molecule has 0 fully saturated rings. The van der Waals surface area contributed by atoms with Crippen LogP contribution in [0.1, 0.15) is 17.5 Å². The summed E-state index contributed by atoms with van der Waals surface area (Å²) in [5.41, 5.74) is 2.56. The van der Waals surface area contributed by atoms with Crippen molar-refractivity contribution < 1.29 is 4.57 Å². The number of hydrogen-bond acceptors (Lipinski definition) is 1. The fraction of sp³-hybridized carbons (Fsp3) is 0.118. The van der Waals surface area contributed by atoms with E-state index in [0.29, 0.717) is 0 Å². The summed E-state index contributed by atoms with van der Waals surface area (Å²) in [7, 11) is 0. The second-order valence-corrected chi connectivity index (χ2v) is 5.46. The third-order valence-corrected chi connectivity index (χ3v) is 4.30. The molecule has 19 heavy (non-hydrogen) atoms. The van der Waals surface area contributed by atoms with Crippen molar-refractivity contribution in [3.8, 4) is 0 Å². The largest absolute Gasteiger partial charge is 0.262 e. The Hall–Kier alpha value is -1.93. The molecule has 0 spiro atoms. The molecule has 3 aromatic rings. The molecule has 0 saturated heterocycles. The molecule has 0 unspecified atom stereocenters. The molecule has 0 bridgehead atoms. The number of nitrogens with zero attached hydrogens (tertiary/aromatic N) is 1. The van der Waals surface area contributed by atoms with Crippen molar-refractivity contribution in [1.29, 1.82) is 0 Å². The number of thiazole rings is 1. The lowest BCUT2D eigenvalue weighted by molar-refractivity contribution is -0.665. The van der Waals surface area contributed by atoms with Gasteiger partial charge in [-0.15, -0.1) is 0 Å². The lowest BCUT2D eigenvalue weighted by atomic mass is 10.2. The predicted octanol–water partition coefficient (Wildman–Crippen LogP) is 4.38. The lowest BCUT2D eigenvalue weighted by Gasteiger charge is -1.92. The molecule has 0 atom stereocenters. The van der Waals surface area contributed by atoms with Crippen molar-refractivity contribution in [2.24, 2.45) is 0 Å². The Kier molecular flexibility index (Phi) is 3.43. The predicted molar refractivity (Wildman–Crippen MR) is 83.1 cm³/mol. The van der Waals surface area contributed by atoms with Crippen molar-refractivity contribution in [3.63, 3.8) is 0 Å². The van der Waals surface area contributed by atoms with Gasteiger partial charge in [-0.25, -0.2) is 0 Å². The van der Waals surface area contributed by atoms with Gasteiger partial charge in [0.05, 0.1) is 0 Å². The van der Waals surface area contributed by atoms with Crippen molar-refractivity contribution in [2.45, 2.75) is 13.5 Å². The van der Waals surface area contributed by atoms with Crippen molar-refractivity contribution in [1.82, 2.24) is 0 Å². The van der Waals surface area contributed by atoms with E-state index in [1.54, 1.807) is 0 Å². The molecule has 2 aromatic carbocycles. The van der Waals surface area contributed by atoms with Crippen LogP contribution in [0.3, 0.4) is 0 Å². The second kappa shape index (κ2) is 5.37. The molecule has 0 N–H and O–H groups in total. The average molecular weight is 266 g/mol. The fourth-order valence-electron chi connectivity index (χ4n) is 2.23. The molecule has 0 saturated carbocycles. The molecule has 1 aromatic heterocycles. The Morgan fingerprint density at radius 2 is 1.68 bits per heavy atom. The van der Waals surface area contributed by atoms with E-state index in [9.17, 15) is 0 Å². The van der Waals surface area contributed by atoms with Crippen molar-refractivity contribution in [2.75, 3.05) is 0 Å². The minimum absolute atomic E-state index is 0.998. The molecule has 2 heteroatoms. The first-order chi connectivity index (χ1) is 9.38. The maximum Gasteiger partial charge on any atom is 0.262 e. The van der Waals surface area contributed by atoms with Crippen LogP contribution in [0.2, 0.25) is 0 Å². The highest BCUT2D eigenvalue weighted by Gasteiger charge is 2.15. The highest BCUT2D eigenvalue weighted by atomic mass is 32.1. The number of hydrogen-bond donors (Lipinski definition) is 0. The van der Waals surface area contributed by atoms with Gasteiger partial charge in [0.25, 0.3) is 5.01 Å². The van der Waals surface area contributed by atoms with E-state index in [-0.39, 0.29) is 0 Å². The number of benzene rings is 2. The molecule has 0 aliphatic heterocycles. The minimum atomic E-state index is 0.998. The molecule has 0 radical (unpaired) electrons. The van der Waals surface area contributed by atoms with E-state index in [4.69, 9.17) is 0 Å². The molecule has 0 aliphatic carbocycles. The Bertz CT molecular complexity index is 710. The quantitative estimate of drug-likeness (QED) is 0.619. The fourth-order valence-corrected chi connectivity index (χ4v) is 3.36. The average Bonchev–Trinajstić information content (AvgIpc) is 2.83. The van der Waals surface area contributed by atoms with E-state index in [2.05, 4.69) is 72.2 Å². The molecular formula is C17H16NS+. The monoisotopic (exact) mass is 266 g/mol. The van der Waals surface area contributed by atoms with Gasteiger partial charge in [0.2, 0.25) is 5.52 Å². The van der Waals surface area contributed by atoms with Gasteiger partial charge in [0.1, 0.15) is 11.2 Å². The Labute approximate surface area is 117 Å². The van der Waals surface area contributed by atoms with Crippen LogP contribution in [0.5, 0.6) is 0 Å². The van der Waals surface area contributed by atoms with E-state index in [1.165, 1.54) is 20.8 Å². The lowest BCUT2D eigenvalue weighted by Crippen LogP contribution is -2.33. The van der Waals surface area contributed by atoms with Gasteiger partial charge >= 0.3 is 0 Å². The molecular weight excluding hydrogens is 250 g/mol. The van der Waals surface area contributed by atoms with Gasteiger partial charge in [-0.1, -0.05) is 53.8 Å². The highest BCUT2D eigenvalue weighted by Crippen LogP contribution is 2.21. The summed E-state index contributed by atoms with van der Waals surface area (Å²) < 4.78 is 3.71. The number of fused-ring (bicyclic) bond motifs is 1. The van der Waals surface area contributed by atoms with Crippen molar-refractivity contribution in [3.05, 3.63) is 65.2 Å². The third-order valence-electron chi connectivity index (χ3n) is 3.17. The minimum Gasteiger partial charge on any atom is -0.182 e. The summed E-state index contributed by atoms with van der Waals surface area (Å²) in [4.78, 5) is 0. The summed E-state index contributed by atoms with van der Waals surface area (Å²) in [6.45, 7) is 3.19. The Morgan fingerprint density at radius 1 is 0.947 bits per heavy atom. The summed E-state index contributed by atoms with van der Waals surface area (Å²) in [6, 6.07) is 19.0. The molecule has 3 rings (SSSR count). The number of aryl methyl sites for hydroxylation is 1. The normalized spacial score (nSPS) is 11.4. The standard InChI is InChI=1S/C17H16NS/c1-2-18-15-10-6-7-11-16(15)19-17(18)13-12-14-8-4-3-5-9-14/h3-13H,2H2,1H3/q+1/b13-12+. The first-order valence-electron chi connectivity index (χ1n) is 6.53. The van der Waals surface area contributed by atoms with Crippen LogP contribution in [0.4, 0.5) is 0 Å². The smallest absolute Gasteiger partial charge is 0.182 e. The van der Waals surface area contributed by atoms with Crippen LogP contribution in [0.15, 0.2) is 54.6 Å². The molecule has 0 aliphatic rings. The highest BCUT2D eigenvalue weighted by molar-refractivity contribution is 7.18. The number of aromatic nitrogens is 1. The molecule has 1 heterocycles. The summed E-state index contributed by atoms with van der Waals surface area (Å²) in [5.74, 6) is 0. The van der Waals surface area contributed by atoms with Gasteiger partial charge < -0.3 is 0 Å². The van der Waals surface area contributed by atoms with Gasteiger partial charge in [0, 0.05) is 12.1 Å². The molecule has 94 valence electrons. The van der Waals surface area contributed by atoms with Crippen LogP contribution in [-0.2, 0) is 6.54 Å².